The van der Waals surface area contributed by atoms with Crippen molar-refractivity contribution in [1.82, 2.24) is 19.5 Å². The highest BCUT2D eigenvalue weighted by Crippen LogP contribution is 2.29. The van der Waals surface area contributed by atoms with Crippen molar-refractivity contribution in [2.75, 3.05) is 18.6 Å². The number of fused-ring (bicyclic) bond motifs is 2. The van der Waals surface area contributed by atoms with E-state index in [0.29, 0.717) is 27.3 Å². The summed E-state index contributed by atoms with van der Waals surface area (Å²) in [6, 6.07) is 8.80. The Morgan fingerprint density at radius 3 is 2.77 bits per heavy atom. The number of aliphatic hydroxyl groups excluding tert-OH is 2. The molecule has 4 aromatic rings. The molecule has 0 bridgehead atoms. The molecule has 31 heavy (non-hydrogen) atoms. The third-order valence-corrected chi connectivity index (χ3v) is 6.54. The number of halogens is 2. The van der Waals surface area contributed by atoms with E-state index < -0.39 is 17.6 Å². The van der Waals surface area contributed by atoms with Crippen LogP contribution in [0.2, 0.25) is 10.2 Å². The van der Waals surface area contributed by atoms with Gasteiger partial charge >= 0.3 is 0 Å². The number of pyridine rings is 1. The number of ether oxygens (including phenoxy) is 1. The number of aromatic nitrogens is 4. The molecule has 1 aromatic carbocycles. The lowest BCUT2D eigenvalue weighted by molar-refractivity contribution is -0.0310. The number of hydrogen-bond acceptors (Lipinski definition) is 8. The minimum absolute atomic E-state index is 0.156. The quantitative estimate of drug-likeness (QED) is 0.344. The fourth-order valence-electron chi connectivity index (χ4n) is 3.22. The Kier molecular flexibility index (Phi) is 6.40. The third kappa shape index (κ3) is 4.37. The Bertz CT molecular complexity index is 1240. The van der Waals surface area contributed by atoms with Gasteiger partial charge in [-0.05, 0) is 30.5 Å². The predicted molar refractivity (Wildman–Crippen MR) is 124 cm³/mol. The Hall–Kier alpha value is -2.30. The average Bonchev–Trinajstić information content (AvgIpc) is 3.20. The van der Waals surface area contributed by atoms with Crippen molar-refractivity contribution in [3.05, 3.63) is 53.0 Å². The van der Waals surface area contributed by atoms with E-state index >= 15 is 0 Å². The molecule has 0 aliphatic heterocycles. The maximum atomic E-state index is 10.8. The van der Waals surface area contributed by atoms with Gasteiger partial charge in [0, 0.05) is 17.6 Å². The molecule has 0 spiro atoms. The molecule has 3 heterocycles. The third-order valence-electron chi connectivity index (χ3n) is 4.92. The van der Waals surface area contributed by atoms with Crippen LogP contribution in [-0.2, 0) is 0 Å². The van der Waals surface area contributed by atoms with Crippen LogP contribution in [-0.4, -0.2) is 53.9 Å². The van der Waals surface area contributed by atoms with Crippen molar-refractivity contribution in [1.29, 1.82) is 0 Å². The molecule has 0 aliphatic rings. The molecule has 0 saturated carbocycles. The highest BCUT2D eigenvalue weighted by molar-refractivity contribution is 7.99. The van der Waals surface area contributed by atoms with E-state index in [-0.39, 0.29) is 17.6 Å². The van der Waals surface area contributed by atoms with Crippen molar-refractivity contribution >= 4 is 62.7 Å². The second-order valence-electron chi connectivity index (χ2n) is 6.82. The number of thioether (sulfide) groups is 1. The van der Waals surface area contributed by atoms with Gasteiger partial charge in [0.2, 0.25) is 0 Å². The minimum Gasteiger partial charge on any atom is -0.492 e. The molecule has 3 aromatic heterocycles. The van der Waals surface area contributed by atoms with Crippen LogP contribution in [0, 0.1) is 0 Å². The van der Waals surface area contributed by atoms with Crippen molar-refractivity contribution in [2.45, 2.75) is 17.6 Å². The zero-order valence-corrected chi connectivity index (χ0v) is 18.6. The Balaban J connectivity index is 1.50. The molecule has 0 aliphatic carbocycles. The van der Waals surface area contributed by atoms with E-state index in [4.69, 9.17) is 33.7 Å². The Labute approximate surface area is 192 Å². The summed E-state index contributed by atoms with van der Waals surface area (Å²) in [7, 11) is 0. The highest BCUT2D eigenvalue weighted by atomic mass is 35.5. The summed E-state index contributed by atoms with van der Waals surface area (Å²) in [5.41, 5.74) is 6.86. The number of anilines is 1. The first-order valence-corrected chi connectivity index (χ1v) is 11.3. The first kappa shape index (κ1) is 21.9. The van der Waals surface area contributed by atoms with Gasteiger partial charge < -0.3 is 25.3 Å². The largest absolute Gasteiger partial charge is 0.492 e. The first-order valence-electron chi connectivity index (χ1n) is 9.23. The van der Waals surface area contributed by atoms with Gasteiger partial charge in [-0.3, -0.25) is 0 Å². The number of benzene rings is 1. The molecule has 0 radical (unpaired) electrons. The maximum absolute atomic E-state index is 10.8. The van der Waals surface area contributed by atoms with Gasteiger partial charge in [-0.15, -0.1) is 0 Å². The van der Waals surface area contributed by atoms with Crippen molar-refractivity contribution in [3.8, 4) is 5.75 Å². The van der Waals surface area contributed by atoms with Gasteiger partial charge in [-0.2, -0.15) is 11.8 Å². The van der Waals surface area contributed by atoms with Crippen LogP contribution in [0.3, 0.4) is 0 Å². The van der Waals surface area contributed by atoms with Crippen LogP contribution in [0.1, 0.15) is 6.23 Å². The van der Waals surface area contributed by atoms with Crippen molar-refractivity contribution in [2.24, 2.45) is 0 Å². The second-order valence-corrected chi connectivity index (χ2v) is 8.67. The number of nitrogens with two attached hydrogens (primary N) is 1. The van der Waals surface area contributed by atoms with E-state index in [1.54, 1.807) is 30.5 Å². The van der Waals surface area contributed by atoms with Crippen LogP contribution < -0.4 is 10.5 Å². The lowest BCUT2D eigenvalue weighted by atomic mass is 10.2. The van der Waals surface area contributed by atoms with Crippen LogP contribution in [0.4, 0.5) is 5.82 Å². The smallest absolute Gasteiger partial charge is 0.159 e. The molecule has 11 heteroatoms. The van der Waals surface area contributed by atoms with E-state index in [0.717, 1.165) is 5.39 Å². The summed E-state index contributed by atoms with van der Waals surface area (Å²) in [5, 5.41) is 23.2. The molecule has 4 N–H and O–H groups in total. The number of hydrogen-bond donors (Lipinski definition) is 3. The lowest BCUT2D eigenvalue weighted by Crippen LogP contribution is -2.36. The van der Waals surface area contributed by atoms with Crippen LogP contribution in [0.5, 0.6) is 5.75 Å². The minimum atomic E-state index is -1.25. The van der Waals surface area contributed by atoms with Gasteiger partial charge in [-0.25, -0.2) is 15.0 Å². The molecule has 0 saturated heterocycles. The average molecular weight is 480 g/mol. The zero-order valence-electron chi connectivity index (χ0n) is 16.3. The first-order chi connectivity index (χ1) is 14.9. The number of nitrogen functional groups attached to an aromatic ring is 1. The second kappa shape index (κ2) is 9.05. The van der Waals surface area contributed by atoms with Gasteiger partial charge in [0.05, 0.1) is 21.2 Å². The number of rotatable bonds is 7. The maximum Gasteiger partial charge on any atom is 0.159 e. The summed E-state index contributed by atoms with van der Waals surface area (Å²) in [5.74, 6) is 0.808. The van der Waals surface area contributed by atoms with E-state index in [9.17, 15) is 10.2 Å². The summed E-state index contributed by atoms with van der Waals surface area (Å²) in [4.78, 5) is 12.3. The molecule has 0 fully saturated rings. The summed E-state index contributed by atoms with van der Waals surface area (Å²) >= 11 is 13.5. The van der Waals surface area contributed by atoms with E-state index in [1.807, 2.05) is 12.3 Å². The molecule has 4 rings (SSSR count). The van der Waals surface area contributed by atoms with Gasteiger partial charge in [0.1, 0.15) is 41.4 Å². The summed E-state index contributed by atoms with van der Waals surface area (Å²) in [6.45, 7) is 0.156. The molecular formula is C20H19Cl2N5O3S. The molecule has 8 nitrogen and oxygen atoms in total. The standard InChI is InChI=1S/C20H19Cl2N5O3S/c1-31-15(8-30-11-3-2-10-6-13(21)18(23)26-14(10)7-11)16(28)20(29)27-5-4-12-17(22)24-9-25-19(12)27/h2-7,9,15-16,20,28-29H,8H2,1H3,(H2,23,26)/t15-,16-,20-/m1/s1. The molecule has 162 valence electrons. The molecule has 0 amide bonds. The highest BCUT2D eigenvalue weighted by Gasteiger charge is 2.29. The monoisotopic (exact) mass is 479 g/mol. The van der Waals surface area contributed by atoms with Crippen LogP contribution in [0.15, 0.2) is 42.9 Å². The lowest BCUT2D eigenvalue weighted by Gasteiger charge is -2.26. The number of nitrogens with zero attached hydrogens (tertiary/aromatic N) is 4. The van der Waals surface area contributed by atoms with Crippen LogP contribution in [0.25, 0.3) is 21.9 Å². The van der Waals surface area contributed by atoms with Gasteiger partial charge in [-0.1, -0.05) is 23.2 Å². The Morgan fingerprint density at radius 1 is 1.19 bits per heavy atom. The van der Waals surface area contributed by atoms with Gasteiger partial charge in [0.25, 0.3) is 0 Å². The molecule has 3 atom stereocenters. The zero-order chi connectivity index (χ0) is 22.1. The predicted octanol–water partition coefficient (Wildman–Crippen LogP) is 3.53. The number of aliphatic hydroxyl groups is 2. The van der Waals surface area contributed by atoms with Crippen molar-refractivity contribution in [3.63, 3.8) is 0 Å². The molecule has 0 unspecified atom stereocenters. The fourth-order valence-corrected chi connectivity index (χ4v) is 4.19. The van der Waals surface area contributed by atoms with E-state index in [1.165, 1.54) is 22.7 Å². The normalized spacial score (nSPS) is 14.6. The molecular weight excluding hydrogens is 461 g/mol. The Morgan fingerprint density at radius 2 is 2.00 bits per heavy atom. The van der Waals surface area contributed by atoms with Gasteiger partial charge in [0.15, 0.2) is 6.23 Å². The fraction of sp³-hybridized carbons (Fsp3) is 0.250. The van der Waals surface area contributed by atoms with Crippen molar-refractivity contribution < 1.29 is 14.9 Å². The SMILES string of the molecule is CS[C@H](COc1ccc2cc(Cl)c(N)nc2c1)[C@@H](O)[C@@H](O)n1ccc2c(Cl)ncnc21. The topological polar surface area (TPSA) is 119 Å². The summed E-state index contributed by atoms with van der Waals surface area (Å²) in [6.07, 6.45) is 2.38. The van der Waals surface area contributed by atoms with Crippen LogP contribution >= 0.6 is 35.0 Å². The van der Waals surface area contributed by atoms with E-state index in [2.05, 4.69) is 15.0 Å². The summed E-state index contributed by atoms with van der Waals surface area (Å²) < 4.78 is 7.33.